The van der Waals surface area contributed by atoms with Crippen molar-refractivity contribution in [1.29, 1.82) is 0 Å². The van der Waals surface area contributed by atoms with Crippen LogP contribution >= 0.6 is 0 Å². The van der Waals surface area contributed by atoms with Crippen LogP contribution in [0.5, 0.6) is 5.75 Å². The number of aryl methyl sites for hydroxylation is 1. The largest absolute Gasteiger partial charge is 0.489 e. The molecule has 0 bridgehead atoms. The number of hydrogen-bond donors (Lipinski definition) is 0. The summed E-state index contributed by atoms with van der Waals surface area (Å²) in [5, 5.41) is 0. The average Bonchev–Trinajstić information content (AvgIpc) is 2.44. The molecular formula is C16H13F3O2. The highest BCUT2D eigenvalue weighted by molar-refractivity contribution is 5.76. The number of ether oxygens (including phenoxy) is 1. The molecule has 0 N–H and O–H groups in total. The van der Waals surface area contributed by atoms with Crippen LogP contribution in [0.1, 0.15) is 27.0 Å². The summed E-state index contributed by atoms with van der Waals surface area (Å²) in [6, 6.07) is 9.94. The predicted octanol–water partition coefficient (Wildman–Crippen LogP) is 4.41. The zero-order valence-electron chi connectivity index (χ0n) is 11.3. The van der Waals surface area contributed by atoms with Gasteiger partial charge in [0.15, 0.2) is 0 Å². The van der Waals surface area contributed by atoms with Gasteiger partial charge in [0.2, 0.25) is 0 Å². The second kappa shape index (κ2) is 5.99. The van der Waals surface area contributed by atoms with Gasteiger partial charge in [0.05, 0.1) is 5.56 Å². The number of halogens is 3. The number of rotatable bonds is 4. The molecule has 110 valence electrons. The molecule has 0 saturated heterocycles. The Morgan fingerprint density at radius 1 is 1.14 bits per heavy atom. The maximum absolute atomic E-state index is 12.6. The Balaban J connectivity index is 2.13. The van der Waals surface area contributed by atoms with Crippen molar-refractivity contribution in [2.75, 3.05) is 0 Å². The zero-order chi connectivity index (χ0) is 15.5. The number of aldehydes is 1. The lowest BCUT2D eigenvalue weighted by Crippen LogP contribution is -2.06. The summed E-state index contributed by atoms with van der Waals surface area (Å²) in [6.07, 6.45) is -3.67. The van der Waals surface area contributed by atoms with E-state index in [1.54, 1.807) is 24.3 Å². The van der Waals surface area contributed by atoms with Gasteiger partial charge in [-0.3, -0.25) is 4.79 Å². The van der Waals surface area contributed by atoms with E-state index in [9.17, 15) is 18.0 Å². The van der Waals surface area contributed by atoms with E-state index in [4.69, 9.17) is 4.74 Å². The van der Waals surface area contributed by atoms with E-state index >= 15 is 0 Å². The number of carbonyl (C=O) groups excluding carboxylic acids is 1. The van der Waals surface area contributed by atoms with Crippen molar-refractivity contribution >= 4 is 6.29 Å². The Morgan fingerprint density at radius 3 is 2.57 bits per heavy atom. The van der Waals surface area contributed by atoms with E-state index in [2.05, 4.69) is 0 Å². The van der Waals surface area contributed by atoms with E-state index in [0.29, 0.717) is 23.2 Å². The molecule has 2 rings (SSSR count). The van der Waals surface area contributed by atoms with Gasteiger partial charge in [-0.25, -0.2) is 0 Å². The van der Waals surface area contributed by atoms with Crippen LogP contribution in [0.2, 0.25) is 0 Å². The summed E-state index contributed by atoms with van der Waals surface area (Å²) in [7, 11) is 0. The summed E-state index contributed by atoms with van der Waals surface area (Å²) in [5.74, 6) is 0.453. The third kappa shape index (κ3) is 4.08. The smallest absolute Gasteiger partial charge is 0.416 e. The normalized spacial score (nSPS) is 11.2. The van der Waals surface area contributed by atoms with Gasteiger partial charge in [0.1, 0.15) is 18.6 Å². The molecule has 21 heavy (non-hydrogen) atoms. The third-order valence-electron chi connectivity index (χ3n) is 2.87. The lowest BCUT2D eigenvalue weighted by atomic mass is 10.1. The first-order chi connectivity index (χ1) is 9.88. The van der Waals surface area contributed by atoms with Crippen LogP contribution in [0.4, 0.5) is 13.2 Å². The molecule has 0 heterocycles. The molecule has 5 heteroatoms. The highest BCUT2D eigenvalue weighted by Gasteiger charge is 2.30. The maximum atomic E-state index is 12.6. The van der Waals surface area contributed by atoms with Crippen LogP contribution in [0.25, 0.3) is 0 Å². The SMILES string of the molecule is Cc1cc(C=O)cc(OCc2cccc(C(F)(F)F)c2)c1. The highest BCUT2D eigenvalue weighted by Crippen LogP contribution is 2.29. The standard InChI is InChI=1S/C16H13F3O2/c1-11-5-13(9-20)8-15(6-11)21-10-12-3-2-4-14(7-12)16(17,18)19/h2-9H,10H2,1H3. The highest BCUT2D eigenvalue weighted by atomic mass is 19.4. The molecule has 0 aliphatic heterocycles. The minimum atomic E-state index is -4.37. The van der Waals surface area contributed by atoms with Crippen molar-refractivity contribution in [3.05, 3.63) is 64.7 Å². The van der Waals surface area contributed by atoms with Crippen molar-refractivity contribution in [1.82, 2.24) is 0 Å². The summed E-state index contributed by atoms with van der Waals surface area (Å²) in [4.78, 5) is 10.8. The fourth-order valence-corrected chi connectivity index (χ4v) is 1.93. The molecule has 2 nitrogen and oxygen atoms in total. The molecule has 2 aromatic rings. The lowest BCUT2D eigenvalue weighted by molar-refractivity contribution is -0.137. The van der Waals surface area contributed by atoms with Gasteiger partial charge in [-0.15, -0.1) is 0 Å². The Morgan fingerprint density at radius 2 is 1.90 bits per heavy atom. The monoisotopic (exact) mass is 294 g/mol. The van der Waals surface area contributed by atoms with Crippen LogP contribution in [0, 0.1) is 6.92 Å². The molecule has 0 aromatic heterocycles. The minimum absolute atomic E-state index is 0.00563. The number of benzene rings is 2. The lowest BCUT2D eigenvalue weighted by Gasteiger charge is -2.10. The molecule has 0 aliphatic carbocycles. The Labute approximate surface area is 120 Å². The minimum Gasteiger partial charge on any atom is -0.489 e. The van der Waals surface area contributed by atoms with E-state index in [1.807, 2.05) is 6.92 Å². The summed E-state index contributed by atoms with van der Waals surface area (Å²) in [6.45, 7) is 1.82. The Bertz CT molecular complexity index is 648. The number of hydrogen-bond acceptors (Lipinski definition) is 2. The van der Waals surface area contributed by atoms with Crippen molar-refractivity contribution in [3.63, 3.8) is 0 Å². The van der Waals surface area contributed by atoms with Crippen molar-refractivity contribution in [2.24, 2.45) is 0 Å². The molecule has 0 amide bonds. The van der Waals surface area contributed by atoms with Gasteiger partial charge in [0, 0.05) is 5.56 Å². The molecule has 2 aromatic carbocycles. The predicted molar refractivity (Wildman–Crippen MR) is 72.3 cm³/mol. The third-order valence-corrected chi connectivity index (χ3v) is 2.87. The van der Waals surface area contributed by atoms with Crippen LogP contribution in [-0.4, -0.2) is 6.29 Å². The van der Waals surface area contributed by atoms with E-state index in [0.717, 1.165) is 17.7 Å². The molecule has 0 aliphatic rings. The van der Waals surface area contributed by atoms with Gasteiger partial charge in [-0.05, 0) is 48.4 Å². The maximum Gasteiger partial charge on any atom is 0.416 e. The van der Waals surface area contributed by atoms with Gasteiger partial charge in [0.25, 0.3) is 0 Å². The zero-order valence-corrected chi connectivity index (χ0v) is 11.3. The van der Waals surface area contributed by atoms with E-state index in [-0.39, 0.29) is 6.61 Å². The van der Waals surface area contributed by atoms with Gasteiger partial charge < -0.3 is 4.74 Å². The topological polar surface area (TPSA) is 26.3 Å². The summed E-state index contributed by atoms with van der Waals surface area (Å²) >= 11 is 0. The second-order valence-corrected chi connectivity index (χ2v) is 4.68. The van der Waals surface area contributed by atoms with Crippen LogP contribution in [0.3, 0.4) is 0 Å². The fraction of sp³-hybridized carbons (Fsp3) is 0.188. The van der Waals surface area contributed by atoms with Gasteiger partial charge in [-0.2, -0.15) is 13.2 Å². The van der Waals surface area contributed by atoms with Gasteiger partial charge in [-0.1, -0.05) is 12.1 Å². The summed E-state index contributed by atoms with van der Waals surface area (Å²) < 4.78 is 43.3. The first kappa shape index (κ1) is 15.1. The fourth-order valence-electron chi connectivity index (χ4n) is 1.93. The molecule has 0 fully saturated rings. The molecular weight excluding hydrogens is 281 g/mol. The van der Waals surface area contributed by atoms with Crippen LogP contribution in [-0.2, 0) is 12.8 Å². The first-order valence-electron chi connectivity index (χ1n) is 6.24. The van der Waals surface area contributed by atoms with E-state index in [1.165, 1.54) is 6.07 Å². The quantitative estimate of drug-likeness (QED) is 0.781. The molecule has 0 radical (unpaired) electrons. The van der Waals surface area contributed by atoms with Gasteiger partial charge >= 0.3 is 6.18 Å². The number of alkyl halides is 3. The van der Waals surface area contributed by atoms with Crippen molar-refractivity contribution in [3.8, 4) is 5.75 Å². The average molecular weight is 294 g/mol. The molecule has 0 spiro atoms. The van der Waals surface area contributed by atoms with E-state index < -0.39 is 11.7 Å². The first-order valence-corrected chi connectivity index (χ1v) is 6.24. The Kier molecular flexibility index (Phi) is 4.31. The van der Waals surface area contributed by atoms with Crippen LogP contribution in [0.15, 0.2) is 42.5 Å². The van der Waals surface area contributed by atoms with Crippen molar-refractivity contribution in [2.45, 2.75) is 19.7 Å². The second-order valence-electron chi connectivity index (χ2n) is 4.68. The van der Waals surface area contributed by atoms with Crippen LogP contribution < -0.4 is 4.74 Å². The number of carbonyl (C=O) groups is 1. The summed E-state index contributed by atoms with van der Waals surface area (Å²) in [5.41, 5.74) is 1.02. The van der Waals surface area contributed by atoms with Crippen molar-refractivity contribution < 1.29 is 22.7 Å². The molecule has 0 unspecified atom stereocenters. The molecule has 0 saturated carbocycles. The molecule has 0 atom stereocenters. The Hall–Kier alpha value is -2.30.